The third kappa shape index (κ3) is 1.56. The van der Waals surface area contributed by atoms with Crippen LogP contribution in [0, 0.1) is 0 Å². The van der Waals surface area contributed by atoms with E-state index in [1.165, 1.54) is 45.2 Å². The molecule has 1 aromatic heterocycles. The summed E-state index contributed by atoms with van der Waals surface area (Å²) in [4.78, 5) is 9.49. The van der Waals surface area contributed by atoms with E-state index in [2.05, 4.69) is 15.0 Å². The normalized spacial score (nSPS) is 35.3. The number of hydrogen-bond acceptors (Lipinski definition) is 5. The maximum Gasteiger partial charge on any atom is 0.266 e. The summed E-state index contributed by atoms with van der Waals surface area (Å²) in [7, 11) is 0. The van der Waals surface area contributed by atoms with Gasteiger partial charge in [-0.25, -0.2) is 0 Å². The van der Waals surface area contributed by atoms with Crippen molar-refractivity contribution < 1.29 is 4.52 Å². The predicted octanol–water partition coefficient (Wildman–Crippen LogP) is 1.41. The van der Waals surface area contributed by atoms with Crippen molar-refractivity contribution in [1.29, 1.82) is 0 Å². The zero-order chi connectivity index (χ0) is 12.0. The Labute approximate surface area is 107 Å². The Morgan fingerprint density at radius 1 is 1.00 bits per heavy atom. The van der Waals surface area contributed by atoms with Gasteiger partial charge in [0.1, 0.15) is 0 Å². The lowest BCUT2D eigenvalue weighted by molar-refractivity contribution is 0.201. The third-order valence-corrected chi connectivity index (χ3v) is 4.82. The molecule has 3 aliphatic rings. The molecule has 18 heavy (non-hydrogen) atoms. The van der Waals surface area contributed by atoms with Crippen molar-refractivity contribution in [2.45, 2.75) is 37.5 Å². The number of rotatable bonds is 2. The van der Waals surface area contributed by atoms with Crippen molar-refractivity contribution in [1.82, 2.24) is 15.0 Å². The van der Waals surface area contributed by atoms with E-state index < -0.39 is 0 Å². The molecule has 5 heteroatoms. The zero-order valence-corrected chi connectivity index (χ0v) is 10.8. The molecule has 0 aromatic carbocycles. The smallest absolute Gasteiger partial charge is 0.266 e. The zero-order valence-electron chi connectivity index (χ0n) is 10.8. The minimum absolute atomic E-state index is 0.170. The molecule has 3 aliphatic heterocycles. The van der Waals surface area contributed by atoms with Gasteiger partial charge < -0.3 is 14.3 Å². The molecular weight excluding hydrogens is 228 g/mol. The van der Waals surface area contributed by atoms with Gasteiger partial charge in [-0.15, -0.1) is 0 Å². The fourth-order valence-electron chi connectivity index (χ4n) is 3.75. The molecule has 0 N–H and O–H groups in total. The molecule has 0 radical (unpaired) electrons. The molecular formula is C13H20N4O. The molecule has 3 saturated heterocycles. The Morgan fingerprint density at radius 2 is 1.89 bits per heavy atom. The monoisotopic (exact) mass is 248 g/mol. The van der Waals surface area contributed by atoms with Crippen LogP contribution < -0.4 is 4.90 Å². The summed E-state index contributed by atoms with van der Waals surface area (Å²) in [5.74, 6) is 1.72. The molecule has 4 rings (SSSR count). The summed E-state index contributed by atoms with van der Waals surface area (Å²) in [6.07, 6.45) is 6.17. The van der Waals surface area contributed by atoms with Crippen molar-refractivity contribution >= 4 is 5.95 Å². The Hall–Kier alpha value is -1.10. The van der Waals surface area contributed by atoms with Crippen LogP contribution in [0.15, 0.2) is 4.52 Å². The topological polar surface area (TPSA) is 45.4 Å². The van der Waals surface area contributed by atoms with Gasteiger partial charge in [-0.3, -0.25) is 0 Å². The highest BCUT2D eigenvalue weighted by Gasteiger charge is 2.46. The molecule has 1 aromatic rings. The largest absolute Gasteiger partial charge is 0.338 e. The van der Waals surface area contributed by atoms with E-state index in [0.717, 1.165) is 31.5 Å². The van der Waals surface area contributed by atoms with E-state index >= 15 is 0 Å². The second-order valence-corrected chi connectivity index (χ2v) is 6.00. The van der Waals surface area contributed by atoms with Crippen LogP contribution in [0.5, 0.6) is 0 Å². The highest BCUT2D eigenvalue weighted by molar-refractivity contribution is 5.30. The fourth-order valence-corrected chi connectivity index (χ4v) is 3.75. The number of hydrogen-bond donors (Lipinski definition) is 0. The molecule has 2 bridgehead atoms. The van der Waals surface area contributed by atoms with E-state index in [-0.39, 0.29) is 5.41 Å². The van der Waals surface area contributed by atoms with Gasteiger partial charge in [0.05, 0.1) is 5.41 Å². The van der Waals surface area contributed by atoms with Gasteiger partial charge in [0.2, 0.25) is 5.89 Å². The first kappa shape index (κ1) is 10.8. The van der Waals surface area contributed by atoms with E-state index in [4.69, 9.17) is 9.51 Å². The van der Waals surface area contributed by atoms with Crippen molar-refractivity contribution in [2.75, 3.05) is 37.6 Å². The maximum atomic E-state index is 5.61. The highest BCUT2D eigenvalue weighted by atomic mass is 16.5. The molecule has 2 unspecified atom stereocenters. The van der Waals surface area contributed by atoms with Crippen LogP contribution in [0.1, 0.15) is 38.0 Å². The summed E-state index contributed by atoms with van der Waals surface area (Å²) in [5.41, 5.74) is 0.170. The first-order valence-electron chi connectivity index (χ1n) is 7.17. The molecule has 3 fully saturated rings. The quantitative estimate of drug-likeness (QED) is 0.792. The minimum Gasteiger partial charge on any atom is -0.338 e. The van der Waals surface area contributed by atoms with E-state index in [1.54, 1.807) is 0 Å². The molecule has 0 saturated carbocycles. The average Bonchev–Trinajstić information content (AvgIpc) is 3.09. The summed E-state index contributed by atoms with van der Waals surface area (Å²) in [5, 5.41) is 4.21. The Kier molecular flexibility index (Phi) is 2.37. The molecule has 5 nitrogen and oxygen atoms in total. The van der Waals surface area contributed by atoms with Crippen LogP contribution in [0.3, 0.4) is 0 Å². The highest BCUT2D eigenvalue weighted by Crippen LogP contribution is 2.41. The Morgan fingerprint density at radius 3 is 2.78 bits per heavy atom. The first-order chi connectivity index (χ1) is 8.86. The number of fused-ring (bicyclic) bond motifs is 2. The van der Waals surface area contributed by atoms with Crippen LogP contribution in [0.25, 0.3) is 0 Å². The van der Waals surface area contributed by atoms with Crippen molar-refractivity contribution in [2.24, 2.45) is 0 Å². The van der Waals surface area contributed by atoms with Crippen molar-refractivity contribution in [3.05, 3.63) is 5.89 Å². The predicted molar refractivity (Wildman–Crippen MR) is 67.7 cm³/mol. The lowest BCUT2D eigenvalue weighted by atomic mass is 9.81. The summed E-state index contributed by atoms with van der Waals surface area (Å²) >= 11 is 0. The van der Waals surface area contributed by atoms with Gasteiger partial charge in [0.15, 0.2) is 0 Å². The Bertz CT molecular complexity index is 436. The lowest BCUT2D eigenvalue weighted by Crippen LogP contribution is -2.37. The van der Waals surface area contributed by atoms with Crippen molar-refractivity contribution in [3.8, 4) is 0 Å². The van der Waals surface area contributed by atoms with Gasteiger partial charge in [-0.1, -0.05) is 0 Å². The minimum atomic E-state index is 0.170. The number of nitrogens with zero attached hydrogens (tertiary/aromatic N) is 4. The number of anilines is 1. The Balaban J connectivity index is 1.61. The second kappa shape index (κ2) is 3.95. The van der Waals surface area contributed by atoms with Gasteiger partial charge in [-0.2, -0.15) is 4.98 Å². The molecule has 0 amide bonds. The van der Waals surface area contributed by atoms with Gasteiger partial charge in [0, 0.05) is 19.6 Å². The summed E-state index contributed by atoms with van der Waals surface area (Å²) in [6.45, 7) is 5.72. The van der Waals surface area contributed by atoms with Crippen LogP contribution in [0.4, 0.5) is 5.95 Å². The maximum absolute atomic E-state index is 5.61. The molecule has 0 aliphatic carbocycles. The standard InChI is InChI=1S/C13H20N4O/c1-2-8-17(7-1)12-14-11(18-15-12)13-4-3-6-16(10-13)9-5-13/h1-10H2. The second-order valence-electron chi connectivity index (χ2n) is 6.00. The lowest BCUT2D eigenvalue weighted by Gasteiger charge is -2.30. The molecule has 4 heterocycles. The van der Waals surface area contributed by atoms with E-state index in [9.17, 15) is 0 Å². The summed E-state index contributed by atoms with van der Waals surface area (Å²) in [6, 6.07) is 0. The van der Waals surface area contributed by atoms with Crippen LogP contribution in [-0.4, -0.2) is 47.8 Å². The van der Waals surface area contributed by atoms with E-state index in [0.29, 0.717) is 0 Å². The summed E-state index contributed by atoms with van der Waals surface area (Å²) < 4.78 is 5.61. The fraction of sp³-hybridized carbons (Fsp3) is 0.846. The van der Waals surface area contributed by atoms with Crippen LogP contribution >= 0.6 is 0 Å². The first-order valence-corrected chi connectivity index (χ1v) is 7.17. The molecule has 2 atom stereocenters. The SMILES string of the molecule is C1CCN(c2noc(C34CCCN(CC3)C4)n2)C1. The molecule has 98 valence electrons. The average molecular weight is 248 g/mol. The van der Waals surface area contributed by atoms with E-state index in [1.807, 2.05) is 0 Å². The van der Waals surface area contributed by atoms with Crippen LogP contribution in [-0.2, 0) is 5.41 Å². The van der Waals surface area contributed by atoms with Gasteiger partial charge in [0.25, 0.3) is 5.95 Å². The molecule has 0 spiro atoms. The van der Waals surface area contributed by atoms with Gasteiger partial charge >= 0.3 is 0 Å². The number of aromatic nitrogens is 2. The van der Waals surface area contributed by atoms with Gasteiger partial charge in [-0.05, 0) is 50.4 Å². The third-order valence-electron chi connectivity index (χ3n) is 4.82. The number of piperidine rings is 1. The van der Waals surface area contributed by atoms with Crippen molar-refractivity contribution in [3.63, 3.8) is 0 Å². The van der Waals surface area contributed by atoms with Crippen LogP contribution in [0.2, 0.25) is 0 Å².